The smallest absolute Gasteiger partial charge is 0.252 e. The van der Waals surface area contributed by atoms with Crippen LogP contribution < -0.4 is 15.6 Å². The molecule has 7 heteroatoms. The van der Waals surface area contributed by atoms with Crippen LogP contribution in [0.4, 0.5) is 5.13 Å². The summed E-state index contributed by atoms with van der Waals surface area (Å²) in [6.07, 6.45) is 0. The fourth-order valence-electron chi connectivity index (χ4n) is 3.33. The van der Waals surface area contributed by atoms with E-state index in [9.17, 15) is 9.59 Å². The molecule has 0 saturated heterocycles. The predicted molar refractivity (Wildman–Crippen MR) is 112 cm³/mol. The summed E-state index contributed by atoms with van der Waals surface area (Å²) in [5.74, 6) is 0.246. The van der Waals surface area contributed by atoms with Gasteiger partial charge in [-0.2, -0.15) is 0 Å². The zero-order valence-corrected chi connectivity index (χ0v) is 16.5. The SMILES string of the molecule is COc1cccc2c(C)cc(=O)n(C(C)C(=O)Nc3nc4ccccc4s3)c12. The number of rotatable bonds is 4. The Balaban J connectivity index is 1.76. The van der Waals surface area contributed by atoms with Crippen LogP contribution in [0.1, 0.15) is 18.5 Å². The first-order valence-corrected chi connectivity index (χ1v) is 9.66. The zero-order valence-electron chi connectivity index (χ0n) is 15.7. The number of para-hydroxylation sites is 2. The lowest BCUT2D eigenvalue weighted by molar-refractivity contribution is -0.118. The summed E-state index contributed by atoms with van der Waals surface area (Å²) >= 11 is 1.40. The van der Waals surface area contributed by atoms with Crippen LogP contribution in [0, 0.1) is 6.92 Å². The Morgan fingerprint density at radius 3 is 2.75 bits per heavy atom. The quantitative estimate of drug-likeness (QED) is 0.566. The van der Waals surface area contributed by atoms with E-state index in [-0.39, 0.29) is 11.5 Å². The summed E-state index contributed by atoms with van der Waals surface area (Å²) in [4.78, 5) is 30.1. The summed E-state index contributed by atoms with van der Waals surface area (Å²) in [7, 11) is 1.55. The summed E-state index contributed by atoms with van der Waals surface area (Å²) < 4.78 is 7.93. The number of pyridine rings is 1. The summed E-state index contributed by atoms with van der Waals surface area (Å²) in [5, 5.41) is 4.22. The number of aromatic nitrogens is 2. The molecule has 0 fully saturated rings. The van der Waals surface area contributed by atoms with Crippen molar-refractivity contribution in [3.05, 3.63) is 64.4 Å². The van der Waals surface area contributed by atoms with Gasteiger partial charge in [-0.3, -0.25) is 14.2 Å². The van der Waals surface area contributed by atoms with Crippen LogP contribution in [-0.2, 0) is 4.79 Å². The Kier molecular flexibility index (Phi) is 4.60. The van der Waals surface area contributed by atoms with Gasteiger partial charge in [-0.05, 0) is 37.6 Å². The van der Waals surface area contributed by atoms with E-state index in [1.165, 1.54) is 15.9 Å². The van der Waals surface area contributed by atoms with Crippen molar-refractivity contribution < 1.29 is 9.53 Å². The van der Waals surface area contributed by atoms with E-state index in [0.29, 0.717) is 16.4 Å². The van der Waals surface area contributed by atoms with Gasteiger partial charge < -0.3 is 10.1 Å². The van der Waals surface area contributed by atoms with E-state index in [4.69, 9.17) is 4.74 Å². The molecule has 1 N–H and O–H groups in total. The highest BCUT2D eigenvalue weighted by Crippen LogP contribution is 2.30. The Morgan fingerprint density at radius 2 is 2.00 bits per heavy atom. The minimum absolute atomic E-state index is 0.249. The van der Waals surface area contributed by atoms with E-state index in [1.807, 2.05) is 43.3 Å². The Hall–Kier alpha value is -3.19. The first-order chi connectivity index (χ1) is 13.5. The first kappa shape index (κ1) is 18.2. The number of amides is 1. The van der Waals surface area contributed by atoms with E-state index in [2.05, 4.69) is 10.3 Å². The van der Waals surface area contributed by atoms with Crippen LogP contribution in [-0.4, -0.2) is 22.6 Å². The Bertz CT molecular complexity index is 1230. The van der Waals surface area contributed by atoms with E-state index >= 15 is 0 Å². The maximum Gasteiger partial charge on any atom is 0.252 e. The maximum absolute atomic E-state index is 12.9. The van der Waals surface area contributed by atoms with Crippen molar-refractivity contribution in [1.29, 1.82) is 0 Å². The van der Waals surface area contributed by atoms with Crippen molar-refractivity contribution in [2.75, 3.05) is 12.4 Å². The molecule has 0 saturated carbocycles. The highest BCUT2D eigenvalue weighted by molar-refractivity contribution is 7.22. The van der Waals surface area contributed by atoms with Crippen molar-refractivity contribution in [1.82, 2.24) is 9.55 Å². The lowest BCUT2D eigenvalue weighted by Crippen LogP contribution is -2.32. The van der Waals surface area contributed by atoms with Gasteiger partial charge >= 0.3 is 0 Å². The average Bonchev–Trinajstić information content (AvgIpc) is 3.09. The average molecular weight is 393 g/mol. The van der Waals surface area contributed by atoms with Gasteiger partial charge in [0.15, 0.2) is 5.13 Å². The molecule has 1 atom stereocenters. The molecule has 2 aromatic carbocycles. The van der Waals surface area contributed by atoms with E-state index in [0.717, 1.165) is 21.2 Å². The van der Waals surface area contributed by atoms with Gasteiger partial charge in [0.25, 0.3) is 5.56 Å². The van der Waals surface area contributed by atoms with Crippen LogP contribution >= 0.6 is 11.3 Å². The molecular weight excluding hydrogens is 374 g/mol. The lowest BCUT2D eigenvalue weighted by Gasteiger charge is -2.19. The number of carbonyl (C=O) groups is 1. The van der Waals surface area contributed by atoms with Crippen molar-refractivity contribution in [2.45, 2.75) is 19.9 Å². The van der Waals surface area contributed by atoms with Crippen LogP contribution in [0.15, 0.2) is 53.3 Å². The lowest BCUT2D eigenvalue weighted by atomic mass is 10.1. The number of aryl methyl sites for hydroxylation is 1. The second-order valence-electron chi connectivity index (χ2n) is 6.54. The van der Waals surface area contributed by atoms with Crippen LogP contribution in [0.5, 0.6) is 5.75 Å². The molecule has 2 heterocycles. The van der Waals surface area contributed by atoms with Crippen LogP contribution in [0.2, 0.25) is 0 Å². The highest BCUT2D eigenvalue weighted by atomic mass is 32.1. The van der Waals surface area contributed by atoms with Gasteiger partial charge in [0.2, 0.25) is 5.91 Å². The number of nitrogens with zero attached hydrogens (tertiary/aromatic N) is 2. The molecule has 0 aliphatic carbocycles. The molecule has 4 aromatic rings. The third-order valence-electron chi connectivity index (χ3n) is 4.75. The molecule has 0 bridgehead atoms. The number of benzene rings is 2. The van der Waals surface area contributed by atoms with Gasteiger partial charge in [0.1, 0.15) is 11.8 Å². The van der Waals surface area contributed by atoms with Gasteiger partial charge in [-0.25, -0.2) is 4.98 Å². The standard InChI is InChI=1S/C21H19N3O3S/c1-12-11-18(25)24(19-14(12)7-6-9-16(19)27-3)13(2)20(26)23-21-22-15-8-4-5-10-17(15)28-21/h4-11,13H,1-3H3,(H,22,23,26). The first-order valence-electron chi connectivity index (χ1n) is 8.85. The van der Waals surface area contributed by atoms with Gasteiger partial charge in [0, 0.05) is 11.5 Å². The maximum atomic E-state index is 12.9. The molecule has 0 aliphatic heterocycles. The topological polar surface area (TPSA) is 73.2 Å². The van der Waals surface area contributed by atoms with Crippen molar-refractivity contribution in [3.8, 4) is 5.75 Å². The van der Waals surface area contributed by atoms with Crippen LogP contribution in [0.3, 0.4) is 0 Å². The number of fused-ring (bicyclic) bond motifs is 2. The molecule has 4 rings (SSSR count). The number of carbonyl (C=O) groups excluding carboxylic acids is 1. The third-order valence-corrected chi connectivity index (χ3v) is 5.70. The molecule has 1 unspecified atom stereocenters. The number of anilines is 1. The highest BCUT2D eigenvalue weighted by Gasteiger charge is 2.22. The van der Waals surface area contributed by atoms with E-state index in [1.54, 1.807) is 26.2 Å². The largest absolute Gasteiger partial charge is 0.495 e. The van der Waals surface area contributed by atoms with Crippen molar-refractivity contribution >= 4 is 43.5 Å². The minimum atomic E-state index is -0.737. The minimum Gasteiger partial charge on any atom is -0.495 e. The zero-order chi connectivity index (χ0) is 19.8. The number of thiazole rings is 1. The normalized spacial score (nSPS) is 12.2. The van der Waals surface area contributed by atoms with Crippen LogP contribution in [0.25, 0.3) is 21.1 Å². The molecule has 0 spiro atoms. The second-order valence-corrected chi connectivity index (χ2v) is 7.57. The predicted octanol–water partition coefficient (Wildman–Crippen LogP) is 4.13. The van der Waals surface area contributed by atoms with Gasteiger partial charge in [-0.15, -0.1) is 0 Å². The molecule has 28 heavy (non-hydrogen) atoms. The van der Waals surface area contributed by atoms with Crippen molar-refractivity contribution in [3.63, 3.8) is 0 Å². The fourth-order valence-corrected chi connectivity index (χ4v) is 4.20. The second kappa shape index (κ2) is 7.09. The Labute approximate surface area is 165 Å². The molecule has 1 amide bonds. The molecule has 0 aliphatic rings. The molecular formula is C21H19N3O3S. The van der Waals surface area contributed by atoms with E-state index < -0.39 is 6.04 Å². The summed E-state index contributed by atoms with van der Waals surface area (Å²) in [6, 6.07) is 14.1. The summed E-state index contributed by atoms with van der Waals surface area (Å²) in [6.45, 7) is 3.57. The number of nitrogens with one attached hydrogen (secondary N) is 1. The van der Waals surface area contributed by atoms with Gasteiger partial charge in [0.05, 0.1) is 22.8 Å². The molecule has 6 nitrogen and oxygen atoms in total. The number of methoxy groups -OCH3 is 1. The number of hydrogen-bond acceptors (Lipinski definition) is 5. The molecule has 2 aromatic heterocycles. The Morgan fingerprint density at radius 1 is 1.21 bits per heavy atom. The van der Waals surface area contributed by atoms with Crippen molar-refractivity contribution in [2.24, 2.45) is 0 Å². The summed E-state index contributed by atoms with van der Waals surface area (Å²) in [5.41, 5.74) is 2.03. The number of ether oxygens (including phenoxy) is 1. The van der Waals surface area contributed by atoms with Gasteiger partial charge in [-0.1, -0.05) is 35.6 Å². The molecule has 142 valence electrons. The fraction of sp³-hybridized carbons (Fsp3) is 0.190. The molecule has 0 radical (unpaired) electrons. The monoisotopic (exact) mass is 393 g/mol. The number of hydrogen-bond donors (Lipinski definition) is 1. The third kappa shape index (κ3) is 3.03.